The summed E-state index contributed by atoms with van der Waals surface area (Å²) >= 11 is 5.95. The van der Waals surface area contributed by atoms with Gasteiger partial charge >= 0.3 is 0 Å². The Morgan fingerprint density at radius 3 is 3.09 bits per heavy atom. The lowest BCUT2D eigenvalue weighted by atomic mass is 10.3. The molecule has 1 aromatic carbocycles. The number of aromatic nitrogens is 2. The zero-order chi connectivity index (χ0) is 15.5. The Balaban J connectivity index is 1.61. The van der Waals surface area contributed by atoms with E-state index in [1.807, 2.05) is 30.0 Å². The van der Waals surface area contributed by atoms with Crippen molar-refractivity contribution in [2.75, 3.05) is 13.1 Å². The number of rotatable bonds is 4. The minimum atomic E-state index is 0.00337. The Morgan fingerprint density at radius 2 is 2.36 bits per heavy atom. The fourth-order valence-electron chi connectivity index (χ4n) is 2.57. The average molecular weight is 320 g/mol. The third kappa shape index (κ3) is 3.25. The van der Waals surface area contributed by atoms with Crippen LogP contribution in [0.15, 0.2) is 36.7 Å². The monoisotopic (exact) mass is 319 g/mol. The van der Waals surface area contributed by atoms with Crippen LogP contribution in [0.3, 0.4) is 0 Å². The van der Waals surface area contributed by atoms with Crippen molar-refractivity contribution in [3.8, 4) is 5.75 Å². The van der Waals surface area contributed by atoms with E-state index in [2.05, 4.69) is 5.10 Å². The van der Waals surface area contributed by atoms with Gasteiger partial charge in [-0.25, -0.2) is 0 Å². The molecule has 3 rings (SSSR count). The molecule has 0 N–H and O–H groups in total. The van der Waals surface area contributed by atoms with Gasteiger partial charge in [-0.3, -0.25) is 9.48 Å². The number of ether oxygens (including phenoxy) is 1. The maximum absolute atomic E-state index is 12.4. The molecule has 1 aliphatic rings. The fourth-order valence-corrected chi connectivity index (χ4v) is 2.75. The van der Waals surface area contributed by atoms with E-state index in [4.69, 9.17) is 16.3 Å². The number of benzene rings is 1. The molecule has 0 radical (unpaired) electrons. The minimum Gasteiger partial charge on any atom is -0.488 e. The van der Waals surface area contributed by atoms with Crippen LogP contribution in [0.1, 0.15) is 23.7 Å². The second kappa shape index (κ2) is 6.40. The smallest absolute Gasteiger partial charge is 0.257 e. The number of hydrogen-bond donors (Lipinski definition) is 0. The van der Waals surface area contributed by atoms with Crippen molar-refractivity contribution in [2.24, 2.45) is 0 Å². The first-order valence-corrected chi connectivity index (χ1v) is 7.77. The molecule has 1 fully saturated rings. The number of likely N-dealkylation sites (tertiary alicyclic amines) is 1. The molecule has 5 nitrogen and oxygen atoms in total. The van der Waals surface area contributed by atoms with Crippen LogP contribution >= 0.6 is 11.6 Å². The largest absolute Gasteiger partial charge is 0.488 e. The number of carbonyl (C=O) groups excluding carboxylic acids is 1. The van der Waals surface area contributed by atoms with Crippen molar-refractivity contribution in [1.82, 2.24) is 14.7 Å². The summed E-state index contributed by atoms with van der Waals surface area (Å²) in [5, 5.41) is 4.80. The predicted molar refractivity (Wildman–Crippen MR) is 84.3 cm³/mol. The number of nitrogens with zero attached hydrogens (tertiary/aromatic N) is 3. The first kappa shape index (κ1) is 14.9. The Labute approximate surface area is 134 Å². The van der Waals surface area contributed by atoms with Gasteiger partial charge in [-0.2, -0.15) is 5.10 Å². The van der Waals surface area contributed by atoms with Gasteiger partial charge in [0.1, 0.15) is 11.9 Å². The molecule has 1 saturated heterocycles. The zero-order valence-electron chi connectivity index (χ0n) is 12.4. The summed E-state index contributed by atoms with van der Waals surface area (Å²) in [7, 11) is 0. The number of hydrogen-bond acceptors (Lipinski definition) is 3. The van der Waals surface area contributed by atoms with Crippen LogP contribution < -0.4 is 4.74 Å². The Hall–Kier alpha value is -2.01. The standard InChI is InChI=1S/C16H18ClN3O2/c1-2-20-10-12(9-18-20)16(21)19-7-6-15(11-19)22-14-5-3-4-13(17)8-14/h3-5,8-10,15H,2,6-7,11H2,1H3. The molecule has 0 spiro atoms. The van der Waals surface area contributed by atoms with Gasteiger partial charge in [0.15, 0.2) is 0 Å². The van der Waals surface area contributed by atoms with E-state index in [0.29, 0.717) is 23.7 Å². The number of halogens is 1. The maximum Gasteiger partial charge on any atom is 0.257 e. The van der Waals surface area contributed by atoms with Crippen LogP contribution in [0, 0.1) is 0 Å². The van der Waals surface area contributed by atoms with E-state index in [0.717, 1.165) is 18.7 Å². The molecule has 2 heterocycles. The molecule has 1 atom stereocenters. The highest BCUT2D eigenvalue weighted by Crippen LogP contribution is 2.22. The molecule has 0 bridgehead atoms. The lowest BCUT2D eigenvalue weighted by molar-refractivity contribution is 0.0772. The van der Waals surface area contributed by atoms with Gasteiger partial charge in [0.05, 0.1) is 18.3 Å². The minimum absolute atomic E-state index is 0.00337. The molecule has 116 valence electrons. The van der Waals surface area contributed by atoms with Gasteiger partial charge in [0.25, 0.3) is 5.91 Å². The summed E-state index contributed by atoms with van der Waals surface area (Å²) in [6.07, 6.45) is 4.23. The van der Waals surface area contributed by atoms with Crippen molar-refractivity contribution in [1.29, 1.82) is 0 Å². The maximum atomic E-state index is 12.4. The molecule has 0 aliphatic carbocycles. The molecular weight excluding hydrogens is 302 g/mol. The predicted octanol–water partition coefficient (Wildman–Crippen LogP) is 2.85. The highest BCUT2D eigenvalue weighted by molar-refractivity contribution is 6.30. The van der Waals surface area contributed by atoms with E-state index in [1.165, 1.54) is 0 Å². The fraction of sp³-hybridized carbons (Fsp3) is 0.375. The molecule has 1 aliphatic heterocycles. The summed E-state index contributed by atoms with van der Waals surface area (Å²) in [5.41, 5.74) is 0.630. The summed E-state index contributed by atoms with van der Waals surface area (Å²) in [6, 6.07) is 7.33. The molecular formula is C16H18ClN3O2. The zero-order valence-corrected chi connectivity index (χ0v) is 13.2. The summed E-state index contributed by atoms with van der Waals surface area (Å²) < 4.78 is 7.65. The molecule has 1 unspecified atom stereocenters. The lowest BCUT2D eigenvalue weighted by Gasteiger charge is -2.16. The van der Waals surface area contributed by atoms with Crippen LogP contribution in [0.25, 0.3) is 0 Å². The second-order valence-electron chi connectivity index (χ2n) is 5.32. The first-order chi connectivity index (χ1) is 10.7. The van der Waals surface area contributed by atoms with Gasteiger partial charge in [0, 0.05) is 30.7 Å². The van der Waals surface area contributed by atoms with Gasteiger partial charge in [0.2, 0.25) is 0 Å². The van der Waals surface area contributed by atoms with E-state index in [-0.39, 0.29) is 12.0 Å². The van der Waals surface area contributed by atoms with E-state index >= 15 is 0 Å². The SMILES string of the molecule is CCn1cc(C(=O)N2CCC(Oc3cccc(Cl)c3)C2)cn1. The number of aryl methyl sites for hydroxylation is 1. The van der Waals surface area contributed by atoms with Crippen LogP contribution in [-0.2, 0) is 6.54 Å². The number of carbonyl (C=O) groups is 1. The van der Waals surface area contributed by atoms with E-state index in [1.54, 1.807) is 23.1 Å². The summed E-state index contributed by atoms with van der Waals surface area (Å²) in [6.45, 7) is 4.03. The highest BCUT2D eigenvalue weighted by Gasteiger charge is 2.28. The number of amides is 1. The average Bonchev–Trinajstić information content (AvgIpc) is 3.15. The Bertz CT molecular complexity index is 671. The van der Waals surface area contributed by atoms with Crippen LogP contribution in [0.2, 0.25) is 5.02 Å². The molecule has 1 aromatic heterocycles. The first-order valence-electron chi connectivity index (χ1n) is 7.39. The van der Waals surface area contributed by atoms with E-state index in [9.17, 15) is 4.79 Å². The van der Waals surface area contributed by atoms with Crippen molar-refractivity contribution in [2.45, 2.75) is 26.0 Å². The molecule has 22 heavy (non-hydrogen) atoms. The van der Waals surface area contributed by atoms with Crippen molar-refractivity contribution >= 4 is 17.5 Å². The molecule has 2 aromatic rings. The third-order valence-electron chi connectivity index (χ3n) is 3.74. The third-order valence-corrected chi connectivity index (χ3v) is 3.97. The second-order valence-corrected chi connectivity index (χ2v) is 5.76. The molecule has 0 saturated carbocycles. The van der Waals surface area contributed by atoms with Crippen molar-refractivity contribution < 1.29 is 9.53 Å². The van der Waals surface area contributed by atoms with Gasteiger partial charge < -0.3 is 9.64 Å². The lowest BCUT2D eigenvalue weighted by Crippen LogP contribution is -2.30. The molecule has 6 heteroatoms. The Kier molecular flexibility index (Phi) is 4.34. The summed E-state index contributed by atoms with van der Waals surface area (Å²) in [4.78, 5) is 14.2. The highest BCUT2D eigenvalue weighted by atomic mass is 35.5. The van der Waals surface area contributed by atoms with Gasteiger partial charge in [-0.1, -0.05) is 17.7 Å². The van der Waals surface area contributed by atoms with Crippen LogP contribution in [-0.4, -0.2) is 39.8 Å². The normalized spacial score (nSPS) is 17.7. The van der Waals surface area contributed by atoms with Crippen molar-refractivity contribution in [3.63, 3.8) is 0 Å². The topological polar surface area (TPSA) is 47.4 Å². The van der Waals surface area contributed by atoms with Gasteiger partial charge in [-0.05, 0) is 25.1 Å². The quantitative estimate of drug-likeness (QED) is 0.870. The van der Waals surface area contributed by atoms with Crippen molar-refractivity contribution in [3.05, 3.63) is 47.2 Å². The molecule has 1 amide bonds. The van der Waals surface area contributed by atoms with E-state index < -0.39 is 0 Å². The van der Waals surface area contributed by atoms with Crippen LogP contribution in [0.4, 0.5) is 0 Å². The van der Waals surface area contributed by atoms with Gasteiger partial charge in [-0.15, -0.1) is 0 Å². The Morgan fingerprint density at radius 1 is 1.50 bits per heavy atom. The van der Waals surface area contributed by atoms with Crippen LogP contribution in [0.5, 0.6) is 5.75 Å². The summed E-state index contributed by atoms with van der Waals surface area (Å²) in [5.74, 6) is 0.752.